The molecule has 0 amide bonds. The lowest BCUT2D eigenvalue weighted by molar-refractivity contribution is 1.07. The molecule has 2 nitrogen and oxygen atoms in total. The molecule has 0 spiro atoms. The highest BCUT2D eigenvalue weighted by atomic mass is 15.3. The molecule has 0 saturated carbocycles. The summed E-state index contributed by atoms with van der Waals surface area (Å²) >= 11 is 0. The van der Waals surface area contributed by atoms with Crippen LogP contribution in [0.25, 0.3) is 22.0 Å². The Hall–Kier alpha value is -2.22. The molecule has 0 saturated heterocycles. The quantitative estimate of drug-likeness (QED) is 0.612. The Bertz CT molecular complexity index is 624. The van der Waals surface area contributed by atoms with Crippen LogP contribution < -0.4 is 5.84 Å². The summed E-state index contributed by atoms with van der Waals surface area (Å²) < 4.78 is 1.65. The van der Waals surface area contributed by atoms with Gasteiger partial charge in [-0.3, -0.25) is 4.68 Å². The molecule has 0 fully saturated rings. The highest BCUT2D eigenvalue weighted by molar-refractivity contribution is 5.85. The Morgan fingerprint density at radius 1 is 0.812 bits per heavy atom. The van der Waals surface area contributed by atoms with Crippen molar-refractivity contribution in [1.29, 1.82) is 0 Å². The van der Waals surface area contributed by atoms with Crippen molar-refractivity contribution >= 4 is 10.9 Å². The van der Waals surface area contributed by atoms with Crippen LogP contribution in [-0.4, -0.2) is 4.68 Å². The van der Waals surface area contributed by atoms with Crippen molar-refractivity contribution in [3.63, 3.8) is 0 Å². The minimum atomic E-state index is 1.06. The summed E-state index contributed by atoms with van der Waals surface area (Å²) in [6.45, 7) is 0. The summed E-state index contributed by atoms with van der Waals surface area (Å²) in [5.41, 5.74) is 3.46. The Balaban J connectivity index is 2.22. The normalized spacial score (nSPS) is 10.8. The van der Waals surface area contributed by atoms with Crippen LogP contribution in [0.2, 0.25) is 0 Å². The van der Waals surface area contributed by atoms with Gasteiger partial charge in [-0.2, -0.15) is 0 Å². The maximum absolute atomic E-state index is 5.84. The van der Waals surface area contributed by atoms with Gasteiger partial charge in [-0.05, 0) is 23.3 Å². The Kier molecular flexibility index (Phi) is 1.93. The first kappa shape index (κ1) is 9.04. The minimum absolute atomic E-state index is 1.06. The van der Waals surface area contributed by atoms with Gasteiger partial charge >= 0.3 is 0 Å². The Labute approximate surface area is 93.9 Å². The molecule has 0 unspecified atom stereocenters. The van der Waals surface area contributed by atoms with E-state index >= 15 is 0 Å². The number of benzene rings is 2. The van der Waals surface area contributed by atoms with E-state index in [-0.39, 0.29) is 0 Å². The molecule has 1 aromatic heterocycles. The van der Waals surface area contributed by atoms with Crippen LogP contribution in [0.15, 0.2) is 60.8 Å². The van der Waals surface area contributed by atoms with Crippen molar-refractivity contribution in [3.8, 4) is 11.1 Å². The van der Waals surface area contributed by atoms with Crippen molar-refractivity contribution in [2.45, 2.75) is 0 Å². The first-order chi connectivity index (χ1) is 7.84. The van der Waals surface area contributed by atoms with Crippen LogP contribution in [0.3, 0.4) is 0 Å². The fourth-order valence-corrected chi connectivity index (χ4v) is 1.96. The van der Waals surface area contributed by atoms with Crippen molar-refractivity contribution in [1.82, 2.24) is 4.68 Å². The number of hydrogen-bond acceptors (Lipinski definition) is 1. The van der Waals surface area contributed by atoms with Crippen molar-refractivity contribution in [2.24, 2.45) is 0 Å². The van der Waals surface area contributed by atoms with Crippen LogP contribution in [0.4, 0.5) is 0 Å². The van der Waals surface area contributed by atoms with Crippen LogP contribution in [-0.2, 0) is 0 Å². The fraction of sp³-hybridized carbons (Fsp3) is 0. The summed E-state index contributed by atoms with van der Waals surface area (Å²) in [6, 6.07) is 18.7. The molecule has 0 bridgehead atoms. The molecule has 16 heavy (non-hydrogen) atoms. The second-order valence-electron chi connectivity index (χ2n) is 3.86. The van der Waals surface area contributed by atoms with Crippen LogP contribution in [0.5, 0.6) is 0 Å². The maximum Gasteiger partial charge on any atom is 0.0696 e. The van der Waals surface area contributed by atoms with E-state index in [2.05, 4.69) is 30.3 Å². The van der Waals surface area contributed by atoms with E-state index in [9.17, 15) is 0 Å². The standard InChI is InChI=1S/C14H12N2/c15-16-9-8-12-6-7-13(10-14(12)16)11-4-2-1-3-5-11/h1-10H,15H2. The zero-order chi connectivity index (χ0) is 11.0. The lowest BCUT2D eigenvalue weighted by Crippen LogP contribution is -2.04. The highest BCUT2D eigenvalue weighted by Gasteiger charge is 2.01. The molecule has 0 aliphatic rings. The van der Waals surface area contributed by atoms with Crippen molar-refractivity contribution in [2.75, 3.05) is 5.84 Å². The number of fused-ring (bicyclic) bond motifs is 1. The van der Waals surface area contributed by atoms with Gasteiger partial charge in [0.1, 0.15) is 0 Å². The zero-order valence-corrected chi connectivity index (χ0v) is 8.80. The second kappa shape index (κ2) is 3.42. The Morgan fingerprint density at radius 2 is 1.62 bits per heavy atom. The van der Waals surface area contributed by atoms with Crippen LogP contribution in [0.1, 0.15) is 0 Å². The van der Waals surface area contributed by atoms with Gasteiger partial charge in [-0.15, -0.1) is 0 Å². The largest absolute Gasteiger partial charge is 0.339 e. The molecule has 0 atom stereocenters. The molecule has 3 rings (SSSR count). The van der Waals surface area contributed by atoms with E-state index in [0.29, 0.717) is 0 Å². The van der Waals surface area contributed by atoms with Gasteiger partial charge in [-0.25, -0.2) is 0 Å². The van der Waals surface area contributed by atoms with Gasteiger partial charge in [0, 0.05) is 11.6 Å². The van der Waals surface area contributed by atoms with Gasteiger partial charge < -0.3 is 5.84 Å². The van der Waals surface area contributed by atoms with Crippen LogP contribution in [0, 0.1) is 0 Å². The molecule has 3 aromatic rings. The number of aromatic nitrogens is 1. The summed E-state index contributed by atoms with van der Waals surface area (Å²) in [6.07, 6.45) is 1.87. The first-order valence-corrected chi connectivity index (χ1v) is 5.26. The van der Waals surface area contributed by atoms with Crippen LogP contribution >= 0.6 is 0 Å². The monoisotopic (exact) mass is 208 g/mol. The fourth-order valence-electron chi connectivity index (χ4n) is 1.96. The predicted molar refractivity (Wildman–Crippen MR) is 67.5 cm³/mol. The topological polar surface area (TPSA) is 30.9 Å². The number of nitrogens with two attached hydrogens (primary N) is 1. The highest BCUT2D eigenvalue weighted by Crippen LogP contribution is 2.23. The lowest BCUT2D eigenvalue weighted by Gasteiger charge is -2.03. The summed E-state index contributed by atoms with van der Waals surface area (Å²) in [4.78, 5) is 0. The SMILES string of the molecule is Nn1ccc2ccc(-c3ccccc3)cc21. The third-order valence-electron chi connectivity index (χ3n) is 2.83. The summed E-state index contributed by atoms with van der Waals surface area (Å²) in [7, 11) is 0. The second-order valence-corrected chi connectivity index (χ2v) is 3.86. The molecular weight excluding hydrogens is 196 g/mol. The number of nitrogens with zero attached hydrogens (tertiary/aromatic N) is 1. The van der Waals surface area contributed by atoms with Gasteiger partial charge in [0.25, 0.3) is 0 Å². The van der Waals surface area contributed by atoms with E-state index < -0.39 is 0 Å². The van der Waals surface area contributed by atoms with E-state index in [1.54, 1.807) is 4.68 Å². The molecule has 2 aromatic carbocycles. The van der Waals surface area contributed by atoms with E-state index in [0.717, 1.165) is 5.52 Å². The summed E-state index contributed by atoms with van der Waals surface area (Å²) in [5, 5.41) is 1.17. The lowest BCUT2D eigenvalue weighted by atomic mass is 10.0. The molecule has 0 radical (unpaired) electrons. The van der Waals surface area contributed by atoms with Gasteiger partial charge in [0.05, 0.1) is 5.52 Å². The third-order valence-corrected chi connectivity index (χ3v) is 2.83. The average Bonchev–Trinajstić information content (AvgIpc) is 2.72. The first-order valence-electron chi connectivity index (χ1n) is 5.26. The molecule has 1 heterocycles. The number of rotatable bonds is 1. The van der Waals surface area contributed by atoms with Gasteiger partial charge in [-0.1, -0.05) is 42.5 Å². The van der Waals surface area contributed by atoms with Crippen molar-refractivity contribution < 1.29 is 0 Å². The Morgan fingerprint density at radius 3 is 2.44 bits per heavy atom. The number of hydrogen-bond donors (Lipinski definition) is 1. The zero-order valence-electron chi connectivity index (χ0n) is 8.80. The third kappa shape index (κ3) is 1.36. The molecule has 0 aliphatic carbocycles. The van der Waals surface area contributed by atoms with E-state index in [1.807, 2.05) is 30.5 Å². The van der Waals surface area contributed by atoms with E-state index in [1.165, 1.54) is 16.5 Å². The smallest absolute Gasteiger partial charge is 0.0696 e. The summed E-state index contributed by atoms with van der Waals surface area (Å²) in [5.74, 6) is 5.84. The molecular formula is C14H12N2. The van der Waals surface area contributed by atoms with Crippen molar-refractivity contribution in [3.05, 3.63) is 60.8 Å². The van der Waals surface area contributed by atoms with E-state index in [4.69, 9.17) is 5.84 Å². The molecule has 78 valence electrons. The minimum Gasteiger partial charge on any atom is -0.339 e. The molecule has 2 heteroatoms. The molecule has 2 N–H and O–H groups in total. The maximum atomic E-state index is 5.84. The predicted octanol–water partition coefficient (Wildman–Crippen LogP) is 3.02. The molecule has 0 aliphatic heterocycles. The number of nitrogen functional groups attached to an aromatic ring is 1. The van der Waals surface area contributed by atoms with Gasteiger partial charge in [0.2, 0.25) is 0 Å². The average molecular weight is 208 g/mol. The van der Waals surface area contributed by atoms with Gasteiger partial charge in [0.15, 0.2) is 0 Å².